The van der Waals surface area contributed by atoms with Crippen LogP contribution in [0.15, 0.2) is 24.3 Å². The first-order valence-electron chi connectivity index (χ1n) is 7.95. The fourth-order valence-electron chi connectivity index (χ4n) is 2.66. The maximum Gasteiger partial charge on any atom is 0.313 e. The molecule has 0 spiro atoms. The van der Waals surface area contributed by atoms with Crippen LogP contribution in [0.2, 0.25) is 0 Å². The summed E-state index contributed by atoms with van der Waals surface area (Å²) in [6.45, 7) is 3.17. The second kappa shape index (κ2) is 9.01. The smallest absolute Gasteiger partial charge is 0.313 e. The fraction of sp³-hybridized carbons (Fsp3) is 0.471. The first-order chi connectivity index (χ1) is 11.6. The van der Waals surface area contributed by atoms with Gasteiger partial charge in [0.1, 0.15) is 0 Å². The summed E-state index contributed by atoms with van der Waals surface area (Å²) in [7, 11) is 1.66. The minimum Gasteiger partial charge on any atom is -0.383 e. The molecule has 0 bridgehead atoms. The summed E-state index contributed by atoms with van der Waals surface area (Å²) in [6, 6.07) is 8.32. The molecular weight excluding hydrogens is 308 g/mol. The van der Waals surface area contributed by atoms with Crippen LogP contribution in [0.1, 0.15) is 18.4 Å². The normalized spacial score (nSPS) is 17.8. The maximum atomic E-state index is 12.0. The predicted octanol–water partition coefficient (Wildman–Crippen LogP) is 0.724. The Hall–Kier alpha value is -2.43. The molecule has 1 unspecified atom stereocenters. The average molecular weight is 330 g/mol. The molecule has 24 heavy (non-hydrogen) atoms. The first-order valence-corrected chi connectivity index (χ1v) is 7.95. The van der Waals surface area contributed by atoms with E-state index < -0.39 is 11.8 Å². The van der Waals surface area contributed by atoms with Crippen molar-refractivity contribution in [3.63, 3.8) is 0 Å². The van der Waals surface area contributed by atoms with Gasteiger partial charge in [0.25, 0.3) is 0 Å². The minimum absolute atomic E-state index is 0.0326. The lowest BCUT2D eigenvalue weighted by atomic mass is 10.1. The van der Waals surface area contributed by atoms with E-state index in [4.69, 9.17) is 10.00 Å². The zero-order valence-electron chi connectivity index (χ0n) is 13.7. The predicted molar refractivity (Wildman–Crippen MR) is 89.3 cm³/mol. The van der Waals surface area contributed by atoms with Crippen LogP contribution in [-0.2, 0) is 14.3 Å². The second-order valence-electron chi connectivity index (χ2n) is 5.75. The number of carbonyl (C=O) groups is 2. The van der Waals surface area contributed by atoms with Crippen LogP contribution in [0.25, 0.3) is 0 Å². The number of carbonyl (C=O) groups excluding carboxylic acids is 2. The zero-order chi connectivity index (χ0) is 17.4. The molecular formula is C17H22N4O3. The van der Waals surface area contributed by atoms with E-state index in [1.807, 2.05) is 6.07 Å². The minimum atomic E-state index is -0.700. The van der Waals surface area contributed by atoms with Gasteiger partial charge in [-0.25, -0.2) is 0 Å². The third-order valence-corrected chi connectivity index (χ3v) is 3.93. The summed E-state index contributed by atoms with van der Waals surface area (Å²) in [5.41, 5.74) is 0.982. The largest absolute Gasteiger partial charge is 0.383 e. The quantitative estimate of drug-likeness (QED) is 0.776. The van der Waals surface area contributed by atoms with E-state index in [0.717, 1.165) is 32.5 Å². The van der Waals surface area contributed by atoms with Crippen LogP contribution in [-0.4, -0.2) is 56.1 Å². The molecule has 2 rings (SSSR count). The molecule has 0 aromatic heterocycles. The van der Waals surface area contributed by atoms with E-state index in [0.29, 0.717) is 17.9 Å². The van der Waals surface area contributed by atoms with Crippen LogP contribution >= 0.6 is 0 Å². The summed E-state index contributed by atoms with van der Waals surface area (Å²) in [6.07, 6.45) is 1.84. The van der Waals surface area contributed by atoms with Gasteiger partial charge in [0, 0.05) is 31.9 Å². The lowest BCUT2D eigenvalue weighted by Crippen LogP contribution is -2.50. The van der Waals surface area contributed by atoms with Gasteiger partial charge in [0.15, 0.2) is 0 Å². The molecule has 1 saturated heterocycles. The van der Waals surface area contributed by atoms with Gasteiger partial charge in [-0.05, 0) is 43.7 Å². The Bertz CT molecular complexity index is 609. The highest BCUT2D eigenvalue weighted by Crippen LogP contribution is 2.11. The molecule has 1 aromatic rings. The van der Waals surface area contributed by atoms with Crippen LogP contribution in [0.3, 0.4) is 0 Å². The highest BCUT2D eigenvalue weighted by atomic mass is 16.5. The number of hydrogen-bond donors (Lipinski definition) is 2. The van der Waals surface area contributed by atoms with Gasteiger partial charge in [0.05, 0.1) is 18.2 Å². The van der Waals surface area contributed by atoms with Gasteiger partial charge < -0.3 is 15.4 Å². The molecule has 128 valence electrons. The van der Waals surface area contributed by atoms with E-state index >= 15 is 0 Å². The number of hydrogen-bond acceptors (Lipinski definition) is 5. The van der Waals surface area contributed by atoms with Gasteiger partial charge in [-0.1, -0.05) is 0 Å². The number of nitriles is 1. The van der Waals surface area contributed by atoms with Crippen molar-refractivity contribution in [1.29, 1.82) is 5.26 Å². The van der Waals surface area contributed by atoms with Crippen LogP contribution in [0, 0.1) is 11.3 Å². The van der Waals surface area contributed by atoms with Crippen LogP contribution in [0.4, 0.5) is 5.69 Å². The second-order valence-corrected chi connectivity index (χ2v) is 5.75. The summed E-state index contributed by atoms with van der Waals surface area (Å²) >= 11 is 0. The lowest BCUT2D eigenvalue weighted by molar-refractivity contribution is -0.136. The summed E-state index contributed by atoms with van der Waals surface area (Å²) in [5.74, 6) is -1.34. The summed E-state index contributed by atoms with van der Waals surface area (Å²) in [4.78, 5) is 26.2. The molecule has 0 radical (unpaired) electrons. The first kappa shape index (κ1) is 17.9. The molecule has 2 amide bonds. The van der Waals surface area contributed by atoms with Gasteiger partial charge >= 0.3 is 11.8 Å². The third-order valence-electron chi connectivity index (χ3n) is 3.93. The van der Waals surface area contributed by atoms with Gasteiger partial charge in [-0.3, -0.25) is 14.5 Å². The number of piperidine rings is 1. The highest BCUT2D eigenvalue weighted by Gasteiger charge is 2.23. The van der Waals surface area contributed by atoms with E-state index in [1.54, 1.807) is 31.4 Å². The van der Waals surface area contributed by atoms with E-state index in [9.17, 15) is 9.59 Å². The van der Waals surface area contributed by atoms with Crippen molar-refractivity contribution < 1.29 is 14.3 Å². The molecule has 0 saturated carbocycles. The molecule has 7 heteroatoms. The number of anilines is 1. The molecule has 1 fully saturated rings. The van der Waals surface area contributed by atoms with Crippen molar-refractivity contribution in [3.05, 3.63) is 29.8 Å². The Kier molecular flexibility index (Phi) is 6.73. The van der Waals surface area contributed by atoms with E-state index in [-0.39, 0.29) is 6.04 Å². The lowest BCUT2D eigenvalue weighted by Gasteiger charge is -2.32. The third kappa shape index (κ3) is 5.33. The standard InChI is InChI=1S/C17H22N4O3/c1-24-10-9-21-8-2-3-15(12-21)20-17(23)16(22)19-14-6-4-13(11-18)5-7-14/h4-7,15H,2-3,8-10,12H2,1H3,(H,19,22)(H,20,23). The van der Waals surface area contributed by atoms with Crippen molar-refractivity contribution in [2.75, 3.05) is 38.7 Å². The Morgan fingerprint density at radius 1 is 1.33 bits per heavy atom. The van der Waals surface area contributed by atoms with Gasteiger partial charge in [-0.2, -0.15) is 5.26 Å². The SMILES string of the molecule is COCCN1CCCC(NC(=O)C(=O)Nc2ccc(C#N)cc2)C1. The topological polar surface area (TPSA) is 94.5 Å². The number of rotatable bonds is 5. The van der Waals surface area contributed by atoms with Crippen molar-refractivity contribution in [1.82, 2.24) is 10.2 Å². The number of nitrogens with one attached hydrogen (secondary N) is 2. The molecule has 1 heterocycles. The number of ether oxygens (including phenoxy) is 1. The molecule has 1 aliphatic heterocycles. The van der Waals surface area contributed by atoms with Crippen molar-refractivity contribution in [2.45, 2.75) is 18.9 Å². The summed E-state index contributed by atoms with van der Waals surface area (Å²) in [5, 5.41) is 14.1. The Morgan fingerprint density at radius 3 is 2.75 bits per heavy atom. The molecule has 1 atom stereocenters. The van der Waals surface area contributed by atoms with Crippen LogP contribution < -0.4 is 10.6 Å². The number of likely N-dealkylation sites (tertiary alicyclic amines) is 1. The number of amides is 2. The van der Waals surface area contributed by atoms with Crippen molar-refractivity contribution >= 4 is 17.5 Å². The average Bonchev–Trinajstić information content (AvgIpc) is 2.61. The Morgan fingerprint density at radius 2 is 2.08 bits per heavy atom. The molecule has 1 aromatic carbocycles. The monoisotopic (exact) mass is 330 g/mol. The maximum absolute atomic E-state index is 12.0. The van der Waals surface area contributed by atoms with Crippen molar-refractivity contribution in [2.24, 2.45) is 0 Å². The van der Waals surface area contributed by atoms with E-state index in [2.05, 4.69) is 15.5 Å². The molecule has 7 nitrogen and oxygen atoms in total. The number of benzene rings is 1. The Balaban J connectivity index is 1.82. The molecule has 2 N–H and O–H groups in total. The molecule has 0 aliphatic carbocycles. The Labute approximate surface area is 141 Å². The number of methoxy groups -OCH3 is 1. The van der Waals surface area contributed by atoms with Gasteiger partial charge in [-0.15, -0.1) is 0 Å². The number of nitrogens with zero attached hydrogens (tertiary/aromatic N) is 2. The highest BCUT2D eigenvalue weighted by molar-refractivity contribution is 6.39. The van der Waals surface area contributed by atoms with Crippen molar-refractivity contribution in [3.8, 4) is 6.07 Å². The molecule has 1 aliphatic rings. The fourth-order valence-corrected chi connectivity index (χ4v) is 2.66. The van der Waals surface area contributed by atoms with E-state index in [1.165, 1.54) is 0 Å². The van der Waals surface area contributed by atoms with Crippen LogP contribution in [0.5, 0.6) is 0 Å². The summed E-state index contributed by atoms with van der Waals surface area (Å²) < 4.78 is 5.07. The zero-order valence-corrected chi connectivity index (χ0v) is 13.7. The van der Waals surface area contributed by atoms with Gasteiger partial charge in [0.2, 0.25) is 0 Å².